The van der Waals surface area contributed by atoms with Crippen LogP contribution in [0.15, 0.2) is 48.8 Å². The SMILES string of the molecule is Cc1c(NC(=O)/C=C/CNC2CC2)ccc2ncnc(Nc3cccc(Cl)c3F)c12. The van der Waals surface area contributed by atoms with Crippen LogP contribution < -0.4 is 16.0 Å². The van der Waals surface area contributed by atoms with Gasteiger partial charge in [0.1, 0.15) is 12.1 Å². The molecule has 6 nitrogen and oxygen atoms in total. The lowest BCUT2D eigenvalue weighted by molar-refractivity contribution is -0.111. The van der Waals surface area contributed by atoms with E-state index in [2.05, 4.69) is 25.9 Å². The van der Waals surface area contributed by atoms with E-state index in [0.717, 1.165) is 5.56 Å². The summed E-state index contributed by atoms with van der Waals surface area (Å²) in [6.45, 7) is 2.53. The first kappa shape index (κ1) is 20.3. The van der Waals surface area contributed by atoms with Gasteiger partial charge < -0.3 is 16.0 Å². The highest BCUT2D eigenvalue weighted by molar-refractivity contribution is 6.31. The molecule has 0 unspecified atom stereocenters. The lowest BCUT2D eigenvalue weighted by Gasteiger charge is -2.14. The minimum atomic E-state index is -0.557. The Morgan fingerprint density at radius 3 is 2.87 bits per heavy atom. The molecule has 1 aromatic heterocycles. The van der Waals surface area contributed by atoms with E-state index in [1.165, 1.54) is 31.3 Å². The number of carbonyl (C=O) groups excluding carboxylic acids is 1. The van der Waals surface area contributed by atoms with E-state index in [1.54, 1.807) is 24.3 Å². The summed E-state index contributed by atoms with van der Waals surface area (Å²) in [6, 6.07) is 8.89. The van der Waals surface area contributed by atoms with Gasteiger partial charge in [0.25, 0.3) is 0 Å². The van der Waals surface area contributed by atoms with E-state index >= 15 is 0 Å². The highest BCUT2D eigenvalue weighted by Crippen LogP contribution is 2.32. The van der Waals surface area contributed by atoms with Gasteiger partial charge in [-0.3, -0.25) is 4.79 Å². The largest absolute Gasteiger partial charge is 0.337 e. The number of anilines is 3. The number of nitrogens with zero attached hydrogens (tertiary/aromatic N) is 2. The van der Waals surface area contributed by atoms with Gasteiger partial charge in [-0.1, -0.05) is 23.7 Å². The number of fused-ring (bicyclic) bond motifs is 1. The van der Waals surface area contributed by atoms with Crippen LogP contribution in [0.2, 0.25) is 5.02 Å². The van der Waals surface area contributed by atoms with Crippen molar-refractivity contribution < 1.29 is 9.18 Å². The molecule has 8 heteroatoms. The van der Waals surface area contributed by atoms with E-state index in [9.17, 15) is 9.18 Å². The monoisotopic (exact) mass is 425 g/mol. The second kappa shape index (κ2) is 8.77. The topological polar surface area (TPSA) is 78.9 Å². The van der Waals surface area contributed by atoms with Crippen molar-refractivity contribution in [1.29, 1.82) is 0 Å². The van der Waals surface area contributed by atoms with Gasteiger partial charge in [0.2, 0.25) is 5.91 Å². The van der Waals surface area contributed by atoms with Crippen LogP contribution in [0.25, 0.3) is 10.9 Å². The van der Waals surface area contributed by atoms with Crippen LogP contribution in [0.5, 0.6) is 0 Å². The Hall–Kier alpha value is -3.03. The third-order valence-electron chi connectivity index (χ3n) is 4.90. The molecule has 1 aliphatic rings. The molecule has 1 aliphatic carbocycles. The maximum absolute atomic E-state index is 14.3. The summed E-state index contributed by atoms with van der Waals surface area (Å²) in [5.41, 5.74) is 2.30. The molecule has 2 aromatic carbocycles. The summed E-state index contributed by atoms with van der Waals surface area (Å²) < 4.78 is 14.3. The fraction of sp³-hybridized carbons (Fsp3) is 0.227. The number of aryl methyl sites for hydroxylation is 1. The number of hydrogen-bond acceptors (Lipinski definition) is 5. The minimum absolute atomic E-state index is 0.0194. The number of amides is 1. The lowest BCUT2D eigenvalue weighted by Crippen LogP contribution is -2.16. The molecule has 1 saturated carbocycles. The standard InChI is InChI=1S/C22H21ClFN5O/c1-13-16(28-19(30)6-3-11-25-14-7-8-14)9-10-17-20(13)22(27-12-26-17)29-18-5-2-4-15(23)21(18)24/h2-6,9-10,12,14,25H,7-8,11H2,1H3,(H,28,30)(H,26,27,29)/b6-3+. The quantitative estimate of drug-likeness (QED) is 0.477. The maximum atomic E-state index is 14.3. The molecule has 1 heterocycles. The number of aromatic nitrogens is 2. The van der Waals surface area contributed by atoms with Gasteiger partial charge in [0.05, 0.1) is 16.2 Å². The van der Waals surface area contributed by atoms with Crippen molar-refractivity contribution in [2.24, 2.45) is 0 Å². The van der Waals surface area contributed by atoms with Gasteiger partial charge in [-0.05, 0) is 49.6 Å². The van der Waals surface area contributed by atoms with E-state index in [1.807, 2.05) is 13.0 Å². The second-order valence-electron chi connectivity index (χ2n) is 7.16. The van der Waals surface area contributed by atoms with E-state index in [0.29, 0.717) is 35.0 Å². The average molecular weight is 426 g/mol. The second-order valence-corrected chi connectivity index (χ2v) is 7.56. The van der Waals surface area contributed by atoms with E-state index in [4.69, 9.17) is 11.6 Å². The van der Waals surface area contributed by atoms with E-state index in [-0.39, 0.29) is 16.6 Å². The van der Waals surface area contributed by atoms with Crippen LogP contribution in [-0.4, -0.2) is 28.5 Å². The fourth-order valence-corrected chi connectivity index (χ4v) is 3.31. The zero-order valence-electron chi connectivity index (χ0n) is 16.4. The van der Waals surface area contributed by atoms with Crippen molar-refractivity contribution in [1.82, 2.24) is 15.3 Å². The molecular weight excluding hydrogens is 405 g/mol. The van der Waals surface area contributed by atoms with Gasteiger partial charge in [-0.2, -0.15) is 0 Å². The number of rotatable bonds is 7. The zero-order valence-corrected chi connectivity index (χ0v) is 17.1. The van der Waals surface area contributed by atoms with Gasteiger partial charge in [-0.25, -0.2) is 14.4 Å². The van der Waals surface area contributed by atoms with Crippen molar-refractivity contribution in [3.8, 4) is 0 Å². The first-order valence-corrected chi connectivity index (χ1v) is 10.1. The molecule has 154 valence electrons. The molecular formula is C22H21ClFN5O. The molecule has 0 spiro atoms. The smallest absolute Gasteiger partial charge is 0.248 e. The zero-order chi connectivity index (χ0) is 21.1. The first-order chi connectivity index (χ1) is 14.5. The average Bonchev–Trinajstić information content (AvgIpc) is 3.55. The molecule has 0 aliphatic heterocycles. The summed E-state index contributed by atoms with van der Waals surface area (Å²) in [5.74, 6) is -0.348. The molecule has 0 bridgehead atoms. The molecule has 0 radical (unpaired) electrons. The van der Waals surface area contributed by atoms with Crippen molar-refractivity contribution in [3.05, 3.63) is 65.2 Å². The third-order valence-corrected chi connectivity index (χ3v) is 5.19. The Labute approximate surface area is 178 Å². The molecule has 3 N–H and O–H groups in total. The maximum Gasteiger partial charge on any atom is 0.248 e. The van der Waals surface area contributed by atoms with Crippen LogP contribution in [0.1, 0.15) is 18.4 Å². The molecule has 3 aromatic rings. The Bertz CT molecular complexity index is 1130. The Morgan fingerprint density at radius 2 is 2.07 bits per heavy atom. The number of nitrogens with one attached hydrogen (secondary N) is 3. The predicted molar refractivity (Wildman–Crippen MR) is 118 cm³/mol. The summed E-state index contributed by atoms with van der Waals surface area (Å²) >= 11 is 5.88. The van der Waals surface area contributed by atoms with Crippen LogP contribution in [0.3, 0.4) is 0 Å². The summed E-state index contributed by atoms with van der Waals surface area (Å²) in [4.78, 5) is 20.8. The minimum Gasteiger partial charge on any atom is -0.337 e. The molecule has 1 amide bonds. The molecule has 4 rings (SSSR count). The normalized spacial score (nSPS) is 13.7. The van der Waals surface area contributed by atoms with Crippen LogP contribution >= 0.6 is 11.6 Å². The van der Waals surface area contributed by atoms with Crippen molar-refractivity contribution >= 4 is 45.6 Å². The Balaban J connectivity index is 1.58. The molecule has 1 fully saturated rings. The van der Waals surface area contributed by atoms with Crippen LogP contribution in [-0.2, 0) is 4.79 Å². The van der Waals surface area contributed by atoms with Gasteiger partial charge in [0.15, 0.2) is 5.82 Å². The summed E-state index contributed by atoms with van der Waals surface area (Å²) in [7, 11) is 0. The Kier molecular flexibility index (Phi) is 5.92. The number of carbonyl (C=O) groups is 1. The van der Waals surface area contributed by atoms with Gasteiger partial charge >= 0.3 is 0 Å². The lowest BCUT2D eigenvalue weighted by atomic mass is 10.1. The number of hydrogen-bond donors (Lipinski definition) is 3. The van der Waals surface area contributed by atoms with Crippen LogP contribution in [0, 0.1) is 12.7 Å². The van der Waals surface area contributed by atoms with Crippen molar-refractivity contribution in [3.63, 3.8) is 0 Å². The van der Waals surface area contributed by atoms with E-state index < -0.39 is 5.82 Å². The van der Waals surface area contributed by atoms with Crippen molar-refractivity contribution in [2.45, 2.75) is 25.8 Å². The van der Waals surface area contributed by atoms with Crippen molar-refractivity contribution in [2.75, 3.05) is 17.2 Å². The summed E-state index contributed by atoms with van der Waals surface area (Å²) in [6.07, 6.45) is 7.13. The molecule has 0 saturated heterocycles. The summed E-state index contributed by atoms with van der Waals surface area (Å²) in [5, 5.41) is 9.90. The first-order valence-electron chi connectivity index (χ1n) is 9.69. The number of benzene rings is 2. The fourth-order valence-electron chi connectivity index (χ4n) is 3.14. The molecule has 30 heavy (non-hydrogen) atoms. The highest BCUT2D eigenvalue weighted by atomic mass is 35.5. The molecule has 0 atom stereocenters. The highest BCUT2D eigenvalue weighted by Gasteiger charge is 2.19. The number of halogens is 2. The third kappa shape index (κ3) is 4.58. The van der Waals surface area contributed by atoms with Gasteiger partial charge in [-0.15, -0.1) is 0 Å². The Morgan fingerprint density at radius 1 is 1.23 bits per heavy atom. The predicted octanol–water partition coefficient (Wildman–Crippen LogP) is 4.72. The van der Waals surface area contributed by atoms with Gasteiger partial charge in [0, 0.05) is 29.7 Å². The van der Waals surface area contributed by atoms with Crippen LogP contribution in [0.4, 0.5) is 21.6 Å².